The summed E-state index contributed by atoms with van der Waals surface area (Å²) in [5.74, 6) is 0.130. The molecule has 2 aromatic heterocycles. The Balaban J connectivity index is 2.35. The second-order valence-electron chi connectivity index (χ2n) is 3.10. The Hall–Kier alpha value is -1.88. The largest absolute Gasteiger partial charge is 0.465 e. The lowest BCUT2D eigenvalue weighted by atomic mass is 10.3. The first-order valence-electron chi connectivity index (χ1n) is 4.62. The third-order valence-electron chi connectivity index (χ3n) is 2.02. The molecule has 5 heteroatoms. The zero-order chi connectivity index (χ0) is 11.5. The molecule has 82 valence electrons. The number of carbonyl (C=O) groups is 1. The monoisotopic (exact) mass is 234 g/mol. The van der Waals surface area contributed by atoms with E-state index in [-0.39, 0.29) is 5.97 Å². The third-order valence-corrected chi connectivity index (χ3v) is 3.10. The molecule has 4 nitrogen and oxygen atoms in total. The standard InChI is InChI=1S/C11H10N2O2S/c1-15-11(14)9-6-5-8(16-9)7-3-2-4-10(12)13-7/h2-6H,1H3,(H2,12,13). The van der Waals surface area contributed by atoms with E-state index >= 15 is 0 Å². The van der Waals surface area contributed by atoms with Crippen molar-refractivity contribution < 1.29 is 9.53 Å². The van der Waals surface area contributed by atoms with E-state index in [1.54, 1.807) is 12.1 Å². The van der Waals surface area contributed by atoms with Crippen LogP contribution in [-0.2, 0) is 4.74 Å². The third kappa shape index (κ3) is 2.04. The van der Waals surface area contributed by atoms with E-state index in [9.17, 15) is 4.79 Å². The van der Waals surface area contributed by atoms with Crippen molar-refractivity contribution in [2.24, 2.45) is 0 Å². The number of nitrogens with zero attached hydrogens (tertiary/aromatic N) is 1. The van der Waals surface area contributed by atoms with Crippen LogP contribution in [0, 0.1) is 0 Å². The molecule has 0 fully saturated rings. The van der Waals surface area contributed by atoms with E-state index in [1.807, 2.05) is 18.2 Å². The summed E-state index contributed by atoms with van der Waals surface area (Å²) in [5.41, 5.74) is 6.35. The highest BCUT2D eigenvalue weighted by Gasteiger charge is 2.10. The maximum absolute atomic E-state index is 11.3. The average molecular weight is 234 g/mol. The topological polar surface area (TPSA) is 65.2 Å². The normalized spacial score (nSPS) is 10.1. The van der Waals surface area contributed by atoms with E-state index in [0.29, 0.717) is 10.7 Å². The van der Waals surface area contributed by atoms with Gasteiger partial charge in [-0.1, -0.05) is 6.07 Å². The number of carbonyl (C=O) groups excluding carboxylic acids is 1. The van der Waals surface area contributed by atoms with Gasteiger partial charge in [-0.2, -0.15) is 0 Å². The van der Waals surface area contributed by atoms with Crippen molar-refractivity contribution in [1.82, 2.24) is 4.98 Å². The van der Waals surface area contributed by atoms with Gasteiger partial charge in [-0.3, -0.25) is 0 Å². The number of methoxy groups -OCH3 is 1. The van der Waals surface area contributed by atoms with E-state index < -0.39 is 0 Å². The quantitative estimate of drug-likeness (QED) is 0.809. The van der Waals surface area contributed by atoms with Crippen LogP contribution in [0.4, 0.5) is 5.82 Å². The fourth-order valence-electron chi connectivity index (χ4n) is 1.27. The average Bonchev–Trinajstić information content (AvgIpc) is 2.77. The van der Waals surface area contributed by atoms with Crippen molar-refractivity contribution >= 4 is 23.1 Å². The van der Waals surface area contributed by atoms with Crippen LogP contribution in [0.3, 0.4) is 0 Å². The number of esters is 1. The fourth-order valence-corrected chi connectivity index (χ4v) is 2.17. The lowest BCUT2D eigenvalue weighted by molar-refractivity contribution is 0.0606. The molecule has 2 N–H and O–H groups in total. The molecule has 0 atom stereocenters. The summed E-state index contributed by atoms with van der Waals surface area (Å²) in [6.07, 6.45) is 0. The molecule has 0 bridgehead atoms. The first kappa shape index (κ1) is 10.6. The summed E-state index contributed by atoms with van der Waals surface area (Å²) in [5, 5.41) is 0. The number of hydrogen-bond donors (Lipinski definition) is 1. The number of pyridine rings is 1. The zero-order valence-corrected chi connectivity index (χ0v) is 9.45. The maximum Gasteiger partial charge on any atom is 0.348 e. The number of nitrogens with two attached hydrogens (primary N) is 1. The Labute approximate surface area is 96.7 Å². The van der Waals surface area contributed by atoms with Crippen LogP contribution < -0.4 is 5.73 Å². The lowest BCUT2D eigenvalue weighted by Gasteiger charge is -1.97. The first-order chi connectivity index (χ1) is 7.70. The number of aromatic nitrogens is 1. The van der Waals surface area contributed by atoms with Crippen molar-refractivity contribution in [2.75, 3.05) is 12.8 Å². The molecular weight excluding hydrogens is 224 g/mol. The molecule has 0 aliphatic carbocycles. The minimum absolute atomic E-state index is 0.333. The Morgan fingerprint density at radius 2 is 2.19 bits per heavy atom. The van der Waals surface area contributed by atoms with Crippen molar-refractivity contribution in [3.63, 3.8) is 0 Å². The van der Waals surface area contributed by atoms with Crippen LogP contribution in [0.25, 0.3) is 10.6 Å². The Bertz CT molecular complexity index is 522. The minimum atomic E-state index is -0.333. The van der Waals surface area contributed by atoms with Crippen molar-refractivity contribution in [2.45, 2.75) is 0 Å². The van der Waals surface area contributed by atoms with E-state index in [0.717, 1.165) is 10.6 Å². The van der Waals surface area contributed by atoms with Crippen molar-refractivity contribution in [3.8, 4) is 10.6 Å². The van der Waals surface area contributed by atoms with E-state index in [2.05, 4.69) is 9.72 Å². The van der Waals surface area contributed by atoms with Crippen LogP contribution >= 0.6 is 11.3 Å². The summed E-state index contributed by atoms with van der Waals surface area (Å²) in [7, 11) is 1.36. The summed E-state index contributed by atoms with van der Waals surface area (Å²) < 4.78 is 4.64. The molecule has 0 saturated carbocycles. The molecule has 0 saturated heterocycles. The molecule has 0 aliphatic rings. The number of rotatable bonds is 2. The molecule has 0 spiro atoms. The van der Waals surface area contributed by atoms with Gasteiger partial charge in [-0.25, -0.2) is 9.78 Å². The van der Waals surface area contributed by atoms with Crippen molar-refractivity contribution in [3.05, 3.63) is 35.2 Å². The zero-order valence-electron chi connectivity index (χ0n) is 8.64. The van der Waals surface area contributed by atoms with Crippen LogP contribution in [0.5, 0.6) is 0 Å². The second-order valence-corrected chi connectivity index (χ2v) is 4.19. The Kier molecular flexibility index (Phi) is 2.87. The minimum Gasteiger partial charge on any atom is -0.465 e. The van der Waals surface area contributed by atoms with Gasteiger partial charge in [-0.05, 0) is 24.3 Å². The number of anilines is 1. The van der Waals surface area contributed by atoms with Crippen LogP contribution in [-0.4, -0.2) is 18.1 Å². The van der Waals surface area contributed by atoms with Gasteiger partial charge < -0.3 is 10.5 Å². The van der Waals surface area contributed by atoms with Gasteiger partial charge in [0.2, 0.25) is 0 Å². The van der Waals surface area contributed by atoms with Crippen LogP contribution in [0.1, 0.15) is 9.67 Å². The van der Waals surface area contributed by atoms with E-state index in [1.165, 1.54) is 18.4 Å². The summed E-state index contributed by atoms with van der Waals surface area (Å²) >= 11 is 1.33. The highest BCUT2D eigenvalue weighted by atomic mass is 32.1. The van der Waals surface area contributed by atoms with Gasteiger partial charge in [0.25, 0.3) is 0 Å². The summed E-state index contributed by atoms with van der Waals surface area (Å²) in [6.45, 7) is 0. The molecule has 0 amide bonds. The van der Waals surface area contributed by atoms with Crippen LogP contribution in [0.15, 0.2) is 30.3 Å². The van der Waals surface area contributed by atoms with Gasteiger partial charge >= 0.3 is 5.97 Å². The SMILES string of the molecule is COC(=O)c1ccc(-c2cccc(N)n2)s1. The fraction of sp³-hybridized carbons (Fsp3) is 0.0909. The number of thiophene rings is 1. The molecule has 2 rings (SSSR count). The summed E-state index contributed by atoms with van der Waals surface area (Å²) in [6, 6.07) is 8.95. The molecule has 0 unspecified atom stereocenters. The van der Waals surface area contributed by atoms with Gasteiger partial charge in [-0.15, -0.1) is 11.3 Å². The van der Waals surface area contributed by atoms with E-state index in [4.69, 9.17) is 5.73 Å². The maximum atomic E-state index is 11.3. The van der Waals surface area contributed by atoms with Gasteiger partial charge in [0.15, 0.2) is 0 Å². The molecule has 2 aromatic rings. The smallest absolute Gasteiger partial charge is 0.348 e. The first-order valence-corrected chi connectivity index (χ1v) is 5.43. The molecular formula is C11H10N2O2S. The highest BCUT2D eigenvalue weighted by molar-refractivity contribution is 7.17. The Morgan fingerprint density at radius 1 is 1.38 bits per heavy atom. The van der Waals surface area contributed by atoms with Gasteiger partial charge in [0, 0.05) is 0 Å². The summed E-state index contributed by atoms with van der Waals surface area (Å²) in [4.78, 5) is 16.9. The molecule has 0 aliphatic heterocycles. The second kappa shape index (κ2) is 4.32. The number of hydrogen-bond acceptors (Lipinski definition) is 5. The molecule has 0 radical (unpaired) electrons. The molecule has 0 aromatic carbocycles. The molecule has 2 heterocycles. The highest BCUT2D eigenvalue weighted by Crippen LogP contribution is 2.27. The predicted octanol–water partition coefficient (Wildman–Crippen LogP) is 2.18. The molecule has 16 heavy (non-hydrogen) atoms. The predicted molar refractivity (Wildman–Crippen MR) is 63.3 cm³/mol. The van der Waals surface area contributed by atoms with Crippen LogP contribution in [0.2, 0.25) is 0 Å². The number of nitrogen functional groups attached to an aromatic ring is 1. The Morgan fingerprint density at radius 3 is 2.88 bits per heavy atom. The van der Waals surface area contributed by atoms with Crippen molar-refractivity contribution in [1.29, 1.82) is 0 Å². The number of ether oxygens (including phenoxy) is 1. The lowest BCUT2D eigenvalue weighted by Crippen LogP contribution is -1.96. The van der Waals surface area contributed by atoms with Gasteiger partial charge in [0.1, 0.15) is 10.7 Å². The van der Waals surface area contributed by atoms with Gasteiger partial charge in [0.05, 0.1) is 17.7 Å².